The molecule has 6 heteroatoms. The van der Waals surface area contributed by atoms with E-state index in [0.29, 0.717) is 12.5 Å². The van der Waals surface area contributed by atoms with Gasteiger partial charge in [-0.15, -0.1) is 0 Å². The predicted molar refractivity (Wildman–Crippen MR) is 105 cm³/mol. The Labute approximate surface area is 157 Å². The van der Waals surface area contributed by atoms with Gasteiger partial charge in [0.05, 0.1) is 5.69 Å². The SMILES string of the molecule is c1cc(NCc2ccccc2-n2cccn2)cc(-c2n[nH]c(C3CC3)n2)c1. The van der Waals surface area contributed by atoms with Crippen LogP contribution in [-0.4, -0.2) is 25.0 Å². The van der Waals surface area contributed by atoms with E-state index in [1.54, 1.807) is 6.20 Å². The summed E-state index contributed by atoms with van der Waals surface area (Å²) in [7, 11) is 0. The minimum Gasteiger partial charge on any atom is -0.381 e. The minimum atomic E-state index is 0.575. The van der Waals surface area contributed by atoms with Crippen LogP contribution in [0.2, 0.25) is 0 Å². The van der Waals surface area contributed by atoms with Crippen molar-refractivity contribution in [3.8, 4) is 17.1 Å². The molecule has 0 saturated heterocycles. The Morgan fingerprint density at radius 3 is 2.85 bits per heavy atom. The third-order valence-corrected chi connectivity index (χ3v) is 4.81. The molecule has 1 aliphatic rings. The van der Waals surface area contributed by atoms with E-state index in [1.807, 2.05) is 41.2 Å². The average Bonchev–Trinajstić information content (AvgIpc) is 3.21. The van der Waals surface area contributed by atoms with Gasteiger partial charge in [-0.05, 0) is 42.7 Å². The lowest BCUT2D eigenvalue weighted by atomic mass is 10.1. The van der Waals surface area contributed by atoms with E-state index in [4.69, 9.17) is 0 Å². The number of hydrogen-bond donors (Lipinski definition) is 2. The number of aromatic amines is 1. The van der Waals surface area contributed by atoms with Gasteiger partial charge in [0.25, 0.3) is 0 Å². The zero-order valence-corrected chi connectivity index (χ0v) is 14.8. The van der Waals surface area contributed by atoms with Gasteiger partial charge in [-0.3, -0.25) is 5.10 Å². The Morgan fingerprint density at radius 1 is 1.07 bits per heavy atom. The van der Waals surface area contributed by atoms with Gasteiger partial charge in [-0.1, -0.05) is 30.3 Å². The van der Waals surface area contributed by atoms with Crippen LogP contribution in [0.25, 0.3) is 17.1 Å². The first-order valence-electron chi connectivity index (χ1n) is 9.21. The van der Waals surface area contributed by atoms with Crippen LogP contribution in [-0.2, 0) is 6.54 Å². The molecule has 134 valence electrons. The zero-order valence-electron chi connectivity index (χ0n) is 14.8. The first kappa shape index (κ1) is 15.8. The summed E-state index contributed by atoms with van der Waals surface area (Å²) in [4.78, 5) is 4.64. The molecular formula is C21H20N6. The van der Waals surface area contributed by atoms with Gasteiger partial charge in [0.15, 0.2) is 5.82 Å². The summed E-state index contributed by atoms with van der Waals surface area (Å²) in [5.41, 5.74) is 4.32. The van der Waals surface area contributed by atoms with Gasteiger partial charge in [0, 0.05) is 36.1 Å². The summed E-state index contributed by atoms with van der Waals surface area (Å²) in [6.07, 6.45) is 6.18. The maximum atomic E-state index is 4.64. The quantitative estimate of drug-likeness (QED) is 0.544. The number of anilines is 1. The van der Waals surface area contributed by atoms with Gasteiger partial charge < -0.3 is 5.32 Å². The molecule has 0 amide bonds. The minimum absolute atomic E-state index is 0.575. The lowest BCUT2D eigenvalue weighted by molar-refractivity contribution is 0.864. The smallest absolute Gasteiger partial charge is 0.181 e. The number of para-hydroxylation sites is 1. The predicted octanol–water partition coefficient (Wildman–Crippen LogP) is 4.15. The molecule has 0 bridgehead atoms. The van der Waals surface area contributed by atoms with E-state index in [-0.39, 0.29) is 0 Å². The van der Waals surface area contributed by atoms with E-state index >= 15 is 0 Å². The summed E-state index contributed by atoms with van der Waals surface area (Å²) in [6, 6.07) is 18.4. The number of rotatable bonds is 6. The molecule has 5 rings (SSSR count). The third kappa shape index (κ3) is 3.33. The van der Waals surface area contributed by atoms with Crippen molar-refractivity contribution in [3.63, 3.8) is 0 Å². The molecular weight excluding hydrogens is 336 g/mol. The molecule has 6 nitrogen and oxygen atoms in total. The van der Waals surface area contributed by atoms with Crippen LogP contribution in [0.1, 0.15) is 30.1 Å². The summed E-state index contributed by atoms with van der Waals surface area (Å²) in [5.74, 6) is 2.35. The van der Waals surface area contributed by atoms with Crippen molar-refractivity contribution >= 4 is 5.69 Å². The molecule has 0 atom stereocenters. The fraction of sp³-hybridized carbons (Fsp3) is 0.190. The summed E-state index contributed by atoms with van der Waals surface area (Å²) < 4.78 is 1.89. The van der Waals surface area contributed by atoms with Crippen LogP contribution in [0, 0.1) is 0 Å². The number of aromatic nitrogens is 5. The Morgan fingerprint density at radius 2 is 2.00 bits per heavy atom. The molecule has 0 spiro atoms. The van der Waals surface area contributed by atoms with Crippen molar-refractivity contribution < 1.29 is 0 Å². The highest BCUT2D eigenvalue weighted by molar-refractivity contribution is 5.62. The first-order valence-corrected chi connectivity index (χ1v) is 9.21. The normalized spacial score (nSPS) is 13.6. The molecule has 2 N–H and O–H groups in total. The molecule has 1 aliphatic carbocycles. The number of H-pyrrole nitrogens is 1. The summed E-state index contributed by atoms with van der Waals surface area (Å²) in [6.45, 7) is 0.709. The lowest BCUT2D eigenvalue weighted by Crippen LogP contribution is -2.05. The standard InChI is InChI=1S/C21H20N6/c1-2-8-19(27-12-4-11-23-27)17(5-1)14-22-18-7-3-6-16(13-18)21-24-20(25-26-21)15-9-10-15/h1-8,11-13,15,22H,9-10,14H2,(H,24,25,26). The van der Waals surface area contributed by atoms with Crippen molar-refractivity contribution in [1.82, 2.24) is 25.0 Å². The van der Waals surface area contributed by atoms with E-state index in [1.165, 1.54) is 18.4 Å². The van der Waals surface area contributed by atoms with E-state index in [2.05, 4.69) is 49.9 Å². The third-order valence-electron chi connectivity index (χ3n) is 4.81. The molecule has 1 fully saturated rings. The van der Waals surface area contributed by atoms with Crippen LogP contribution in [0.4, 0.5) is 5.69 Å². The average molecular weight is 356 g/mol. The largest absolute Gasteiger partial charge is 0.381 e. The molecule has 1 saturated carbocycles. The monoisotopic (exact) mass is 356 g/mol. The summed E-state index contributed by atoms with van der Waals surface area (Å²) in [5, 5.41) is 15.3. The highest BCUT2D eigenvalue weighted by Crippen LogP contribution is 2.38. The van der Waals surface area contributed by atoms with Gasteiger partial charge in [0.2, 0.25) is 0 Å². The highest BCUT2D eigenvalue weighted by Gasteiger charge is 2.27. The van der Waals surface area contributed by atoms with Crippen molar-refractivity contribution in [2.75, 3.05) is 5.32 Å². The van der Waals surface area contributed by atoms with Crippen LogP contribution < -0.4 is 5.32 Å². The lowest BCUT2D eigenvalue weighted by Gasteiger charge is -2.12. The van der Waals surface area contributed by atoms with Crippen molar-refractivity contribution in [3.05, 3.63) is 78.4 Å². The maximum absolute atomic E-state index is 4.64. The molecule has 2 aromatic carbocycles. The van der Waals surface area contributed by atoms with Crippen LogP contribution >= 0.6 is 0 Å². The second-order valence-electron chi connectivity index (χ2n) is 6.83. The van der Waals surface area contributed by atoms with Crippen molar-refractivity contribution in [1.29, 1.82) is 0 Å². The van der Waals surface area contributed by atoms with Gasteiger partial charge in [-0.2, -0.15) is 10.2 Å². The second-order valence-corrected chi connectivity index (χ2v) is 6.83. The zero-order chi connectivity index (χ0) is 18.1. The number of nitrogens with zero attached hydrogens (tertiary/aromatic N) is 4. The molecule has 0 aliphatic heterocycles. The highest BCUT2D eigenvalue weighted by atomic mass is 15.3. The Bertz CT molecular complexity index is 1050. The molecule has 2 heterocycles. The number of nitrogens with one attached hydrogen (secondary N) is 2. The van der Waals surface area contributed by atoms with Crippen molar-refractivity contribution in [2.24, 2.45) is 0 Å². The Balaban J connectivity index is 1.35. The van der Waals surface area contributed by atoms with Crippen LogP contribution in [0.3, 0.4) is 0 Å². The summed E-state index contributed by atoms with van der Waals surface area (Å²) >= 11 is 0. The van der Waals surface area contributed by atoms with Crippen LogP contribution in [0.15, 0.2) is 67.0 Å². The first-order chi connectivity index (χ1) is 13.4. The molecule has 0 radical (unpaired) electrons. The molecule has 2 aromatic heterocycles. The fourth-order valence-corrected chi connectivity index (χ4v) is 3.20. The molecule has 0 unspecified atom stereocenters. The van der Waals surface area contributed by atoms with Crippen molar-refractivity contribution in [2.45, 2.75) is 25.3 Å². The Kier molecular flexibility index (Phi) is 3.93. The number of benzene rings is 2. The Hall–Kier alpha value is -3.41. The second kappa shape index (κ2) is 6.72. The maximum Gasteiger partial charge on any atom is 0.181 e. The van der Waals surface area contributed by atoms with E-state index < -0.39 is 0 Å². The topological polar surface area (TPSA) is 71.4 Å². The fourth-order valence-electron chi connectivity index (χ4n) is 3.20. The molecule has 27 heavy (non-hydrogen) atoms. The molecule has 4 aromatic rings. The van der Waals surface area contributed by atoms with Crippen LogP contribution in [0.5, 0.6) is 0 Å². The van der Waals surface area contributed by atoms with Gasteiger partial charge >= 0.3 is 0 Å². The van der Waals surface area contributed by atoms with E-state index in [9.17, 15) is 0 Å². The van der Waals surface area contributed by atoms with Gasteiger partial charge in [0.1, 0.15) is 5.82 Å². The number of hydrogen-bond acceptors (Lipinski definition) is 4. The van der Waals surface area contributed by atoms with Gasteiger partial charge in [-0.25, -0.2) is 9.67 Å². The van der Waals surface area contributed by atoms with E-state index in [0.717, 1.165) is 28.6 Å².